The molecular weight excluding hydrogens is 672 g/mol. The van der Waals surface area contributed by atoms with E-state index >= 15 is 14.4 Å². The summed E-state index contributed by atoms with van der Waals surface area (Å²) in [7, 11) is 0. The number of ether oxygens (including phenoxy) is 2. The molecule has 7 rings (SSSR count). The number of hydrogen-bond donors (Lipinski definition) is 1. The number of aliphatic hydroxyl groups excluding tert-OH is 1. The van der Waals surface area contributed by atoms with Gasteiger partial charge in [-0.3, -0.25) is 14.4 Å². The predicted octanol–water partition coefficient (Wildman–Crippen LogP) is 4.77. The molecule has 12 nitrogen and oxygen atoms in total. The predicted molar refractivity (Wildman–Crippen MR) is 199 cm³/mol. The molecule has 3 saturated heterocycles. The lowest BCUT2D eigenvalue weighted by molar-refractivity contribution is -0.156. The number of hydrogen-bond acceptors (Lipinski definition) is 8. The molecule has 2 bridgehead atoms. The number of carbonyl (C=O) groups excluding carboxylic acids is 3. The van der Waals surface area contributed by atoms with Crippen LogP contribution in [0, 0.1) is 17.8 Å². The van der Waals surface area contributed by atoms with E-state index in [2.05, 4.69) is 23.5 Å². The molecule has 3 fully saturated rings. The second-order valence-corrected chi connectivity index (χ2v) is 14.3. The van der Waals surface area contributed by atoms with Gasteiger partial charge in [0.05, 0.1) is 42.2 Å². The van der Waals surface area contributed by atoms with Crippen molar-refractivity contribution in [2.45, 2.75) is 57.1 Å². The van der Waals surface area contributed by atoms with Crippen molar-refractivity contribution in [3.63, 3.8) is 0 Å². The Kier molecular flexibility index (Phi) is 9.69. The van der Waals surface area contributed by atoms with Gasteiger partial charge < -0.3 is 29.3 Å². The largest absolute Gasteiger partial charge is 0.494 e. The van der Waals surface area contributed by atoms with Gasteiger partial charge in [0, 0.05) is 18.8 Å². The molecule has 3 aromatic carbocycles. The summed E-state index contributed by atoms with van der Waals surface area (Å²) in [6.45, 7) is 14.1. The zero-order chi connectivity index (χ0) is 37.5. The van der Waals surface area contributed by atoms with Crippen LogP contribution in [0.3, 0.4) is 0 Å². The van der Waals surface area contributed by atoms with Crippen molar-refractivity contribution in [3.8, 4) is 5.75 Å². The first-order valence-electron chi connectivity index (χ1n) is 18.1. The fourth-order valence-corrected chi connectivity index (χ4v) is 8.94. The fraction of sp³-hybridized carbons (Fsp3) is 0.390. The van der Waals surface area contributed by atoms with Crippen LogP contribution in [-0.2, 0) is 25.8 Å². The number of aromatic nitrogens is 3. The number of carbonyl (C=O) groups is 3. The van der Waals surface area contributed by atoms with Crippen LogP contribution in [0.2, 0.25) is 0 Å². The van der Waals surface area contributed by atoms with Crippen LogP contribution in [0.5, 0.6) is 5.75 Å². The normalized spacial score (nSPS) is 26.3. The molecule has 53 heavy (non-hydrogen) atoms. The van der Waals surface area contributed by atoms with E-state index in [1.54, 1.807) is 38.8 Å². The molecule has 0 radical (unpaired) electrons. The summed E-state index contributed by atoms with van der Waals surface area (Å²) < 4.78 is 14.4. The Bertz CT molecular complexity index is 2020. The second-order valence-electron chi connectivity index (χ2n) is 14.3. The third-order valence-electron chi connectivity index (χ3n) is 11.4. The Labute approximate surface area is 309 Å². The number of rotatable bonds is 14. The van der Waals surface area contributed by atoms with E-state index in [1.807, 2.05) is 87.5 Å². The number of fused-ring (bicyclic) bond motifs is 2. The molecular formula is C41H46N6O6. The van der Waals surface area contributed by atoms with E-state index < -0.39 is 53.5 Å². The summed E-state index contributed by atoms with van der Waals surface area (Å²) in [4.78, 5) is 50.3. The Morgan fingerprint density at radius 3 is 2.42 bits per heavy atom. The van der Waals surface area contributed by atoms with Crippen molar-refractivity contribution in [2.75, 3.05) is 31.2 Å². The van der Waals surface area contributed by atoms with Crippen LogP contribution in [0.25, 0.3) is 11.0 Å². The number of amides is 3. The summed E-state index contributed by atoms with van der Waals surface area (Å²) >= 11 is 0. The maximum atomic E-state index is 15.3. The molecule has 1 aromatic heterocycles. The summed E-state index contributed by atoms with van der Waals surface area (Å²) in [5.41, 5.74) is 0.262. The van der Waals surface area contributed by atoms with Gasteiger partial charge in [-0.25, -0.2) is 4.68 Å². The third-order valence-corrected chi connectivity index (χ3v) is 11.4. The third kappa shape index (κ3) is 5.80. The molecule has 0 saturated carbocycles. The number of benzene rings is 3. The van der Waals surface area contributed by atoms with Crippen LogP contribution < -0.4 is 9.64 Å². The number of para-hydroxylation sites is 1. The second kappa shape index (κ2) is 14.2. The molecule has 3 unspecified atom stereocenters. The van der Waals surface area contributed by atoms with E-state index in [0.29, 0.717) is 35.5 Å². The highest BCUT2D eigenvalue weighted by atomic mass is 16.5. The molecule has 1 spiro atoms. The Balaban J connectivity index is 1.34. The van der Waals surface area contributed by atoms with Crippen molar-refractivity contribution in [1.82, 2.24) is 24.8 Å². The van der Waals surface area contributed by atoms with Crippen LogP contribution in [-0.4, -0.2) is 91.2 Å². The van der Waals surface area contributed by atoms with Gasteiger partial charge in [-0.1, -0.05) is 66.8 Å². The zero-order valence-corrected chi connectivity index (χ0v) is 30.4. The molecule has 12 heteroatoms. The molecule has 4 aromatic rings. The van der Waals surface area contributed by atoms with Crippen molar-refractivity contribution in [1.29, 1.82) is 0 Å². The van der Waals surface area contributed by atoms with Crippen molar-refractivity contribution >= 4 is 34.4 Å². The number of likely N-dealkylation sites (tertiary alicyclic amines) is 1. The quantitative estimate of drug-likeness (QED) is 0.185. The topological polar surface area (TPSA) is 130 Å². The lowest BCUT2D eigenvalue weighted by Crippen LogP contribution is -2.57. The molecule has 3 aliphatic heterocycles. The highest BCUT2D eigenvalue weighted by molar-refractivity contribution is 6.03. The van der Waals surface area contributed by atoms with E-state index in [1.165, 1.54) is 4.90 Å². The minimum Gasteiger partial charge on any atom is -0.494 e. The van der Waals surface area contributed by atoms with Crippen LogP contribution in [0.1, 0.15) is 38.8 Å². The average Bonchev–Trinajstić information content (AvgIpc) is 3.84. The number of nitrogens with zero attached hydrogens (tertiary/aromatic N) is 6. The summed E-state index contributed by atoms with van der Waals surface area (Å²) in [6.07, 6.45) is 3.64. The lowest BCUT2D eigenvalue weighted by atomic mass is 9.62. The van der Waals surface area contributed by atoms with Gasteiger partial charge in [-0.2, -0.15) is 0 Å². The van der Waals surface area contributed by atoms with Gasteiger partial charge in [-0.15, -0.1) is 18.3 Å². The summed E-state index contributed by atoms with van der Waals surface area (Å²) in [5.74, 6) is -2.56. The fourth-order valence-electron chi connectivity index (χ4n) is 8.94. The van der Waals surface area contributed by atoms with E-state index in [-0.39, 0.29) is 31.6 Å². The van der Waals surface area contributed by atoms with Crippen LogP contribution in [0.4, 0.5) is 5.69 Å². The van der Waals surface area contributed by atoms with Crippen LogP contribution in [0.15, 0.2) is 104 Å². The van der Waals surface area contributed by atoms with Gasteiger partial charge >= 0.3 is 0 Å². The van der Waals surface area contributed by atoms with Gasteiger partial charge in [0.25, 0.3) is 0 Å². The summed E-state index contributed by atoms with van der Waals surface area (Å²) in [5, 5.41) is 19.6. The first kappa shape index (κ1) is 36.0. The molecule has 276 valence electrons. The van der Waals surface area contributed by atoms with E-state index in [4.69, 9.17) is 9.47 Å². The minimum absolute atomic E-state index is 0.0276. The lowest BCUT2D eigenvalue weighted by Gasteiger charge is -2.39. The maximum absolute atomic E-state index is 15.3. The van der Waals surface area contributed by atoms with Crippen LogP contribution >= 0.6 is 0 Å². The molecule has 4 heterocycles. The number of aliphatic hydroxyl groups is 1. The Hall–Kier alpha value is -5.33. The standard InChI is InChI=1S/C41H46N6O6/c1-6-22-44(26-46-32-17-13-12-16-31(32)42-43-46)39(51)36-41-24-27(4)40(5,53-41)34(35(41)38(50)47(36)33(25-48)28-14-10-9-11-15-28)37(49)45(23-7-2)29-18-20-30(21-19-29)52-8-3/h6-7,9-21,27,33-36,48H,1-2,8,22-26H2,3-5H3/t27?,33-,34-,35+,36?,40+,41?/m1/s1. The van der Waals surface area contributed by atoms with Gasteiger partial charge in [0.15, 0.2) is 0 Å². The summed E-state index contributed by atoms with van der Waals surface area (Å²) in [6, 6.07) is 21.8. The van der Waals surface area contributed by atoms with Gasteiger partial charge in [0.2, 0.25) is 17.7 Å². The Morgan fingerprint density at radius 2 is 1.74 bits per heavy atom. The van der Waals surface area contributed by atoms with Gasteiger partial charge in [0.1, 0.15) is 29.6 Å². The molecule has 3 amide bonds. The van der Waals surface area contributed by atoms with E-state index in [9.17, 15) is 5.11 Å². The molecule has 0 aliphatic carbocycles. The minimum atomic E-state index is -1.37. The SMILES string of the molecule is C=CCN(Cn1nnc2ccccc21)C(=O)C1N([C@H](CO)c2ccccc2)C(=O)[C@@H]2[C@H](C(=O)N(CC=C)c3ccc(OCC)cc3)[C@@]3(C)OC12CC3C. The zero-order valence-electron chi connectivity index (χ0n) is 30.4. The van der Waals surface area contributed by atoms with Crippen molar-refractivity contribution in [3.05, 3.63) is 110 Å². The molecule has 1 N–H and O–H groups in total. The van der Waals surface area contributed by atoms with Crippen molar-refractivity contribution < 1.29 is 29.0 Å². The highest BCUT2D eigenvalue weighted by Gasteiger charge is 2.80. The molecule has 7 atom stereocenters. The van der Waals surface area contributed by atoms with E-state index in [0.717, 1.165) is 5.52 Å². The monoisotopic (exact) mass is 718 g/mol. The molecule has 3 aliphatic rings. The Morgan fingerprint density at radius 1 is 1.04 bits per heavy atom. The maximum Gasteiger partial charge on any atom is 0.250 e. The van der Waals surface area contributed by atoms with Crippen molar-refractivity contribution in [2.24, 2.45) is 17.8 Å². The van der Waals surface area contributed by atoms with Gasteiger partial charge in [-0.05, 0) is 68.1 Å². The first-order chi connectivity index (χ1) is 25.6. The smallest absolute Gasteiger partial charge is 0.250 e. The average molecular weight is 719 g/mol. The number of anilines is 1. The highest BCUT2D eigenvalue weighted by Crippen LogP contribution is 2.66. The first-order valence-corrected chi connectivity index (χ1v) is 18.1.